The van der Waals surface area contributed by atoms with Crippen molar-refractivity contribution in [1.82, 2.24) is 4.98 Å². The molecule has 1 aromatic heterocycles. The lowest BCUT2D eigenvalue weighted by atomic mass is 10.1. The predicted molar refractivity (Wildman–Crippen MR) is 89.3 cm³/mol. The summed E-state index contributed by atoms with van der Waals surface area (Å²) in [5, 5.41) is 10.9. The molecule has 3 aromatic rings. The van der Waals surface area contributed by atoms with Crippen LogP contribution in [0.1, 0.15) is 16.4 Å². The zero-order valence-electron chi connectivity index (χ0n) is 11.6. The van der Waals surface area contributed by atoms with E-state index in [0.717, 1.165) is 16.7 Å². The summed E-state index contributed by atoms with van der Waals surface area (Å²) in [6, 6.07) is 20.4. The number of nitrogens with zero attached hydrogens (tertiary/aromatic N) is 1. The number of fused-ring (bicyclic) bond motifs is 1. The van der Waals surface area contributed by atoms with Crippen molar-refractivity contribution in [1.29, 1.82) is 0 Å². The monoisotopic (exact) mass is 295 g/mol. The molecule has 3 heteroatoms. The van der Waals surface area contributed by atoms with Crippen molar-refractivity contribution in [2.45, 2.75) is 11.0 Å². The molecule has 0 aliphatic heterocycles. The molecule has 106 valence electrons. The first-order chi connectivity index (χ1) is 10.4. The van der Waals surface area contributed by atoms with Crippen molar-refractivity contribution in [3.05, 3.63) is 78.0 Å². The summed E-state index contributed by atoms with van der Waals surface area (Å²) in [7, 11) is 0. The van der Waals surface area contributed by atoms with Crippen LogP contribution in [0.5, 0.6) is 0 Å². The minimum Gasteiger partial charge on any atom is -0.395 e. The van der Waals surface area contributed by atoms with Gasteiger partial charge in [-0.15, -0.1) is 11.8 Å². The van der Waals surface area contributed by atoms with Crippen LogP contribution in [0.4, 0.5) is 0 Å². The molecule has 2 nitrogen and oxygen atoms in total. The predicted octanol–water partition coefficient (Wildman–Crippen LogP) is 4.20. The number of pyridine rings is 1. The first kappa shape index (κ1) is 14.1. The molecule has 0 spiro atoms. The number of para-hydroxylation sites is 1. The van der Waals surface area contributed by atoms with Gasteiger partial charge in [-0.2, -0.15) is 0 Å². The van der Waals surface area contributed by atoms with E-state index in [1.807, 2.05) is 42.6 Å². The van der Waals surface area contributed by atoms with Gasteiger partial charge in [-0.05, 0) is 23.3 Å². The smallest absolute Gasteiger partial charge is 0.0702 e. The fraction of sp³-hybridized carbons (Fsp3) is 0.167. The van der Waals surface area contributed by atoms with Gasteiger partial charge in [0.15, 0.2) is 0 Å². The van der Waals surface area contributed by atoms with Crippen molar-refractivity contribution in [2.24, 2.45) is 0 Å². The van der Waals surface area contributed by atoms with Crippen molar-refractivity contribution < 1.29 is 5.11 Å². The Morgan fingerprint density at radius 3 is 2.57 bits per heavy atom. The Kier molecular flexibility index (Phi) is 4.53. The zero-order valence-corrected chi connectivity index (χ0v) is 12.5. The van der Waals surface area contributed by atoms with Crippen LogP contribution in [0.25, 0.3) is 10.9 Å². The highest BCUT2D eigenvalue weighted by atomic mass is 32.2. The van der Waals surface area contributed by atoms with E-state index >= 15 is 0 Å². The zero-order chi connectivity index (χ0) is 14.5. The molecule has 0 aliphatic carbocycles. The molecule has 1 heterocycles. The number of rotatable bonds is 5. The van der Waals surface area contributed by atoms with Crippen LogP contribution in [0.2, 0.25) is 0 Å². The van der Waals surface area contributed by atoms with Crippen LogP contribution in [0, 0.1) is 0 Å². The topological polar surface area (TPSA) is 33.1 Å². The van der Waals surface area contributed by atoms with Gasteiger partial charge in [0.25, 0.3) is 0 Å². The summed E-state index contributed by atoms with van der Waals surface area (Å²) >= 11 is 1.75. The highest BCUT2D eigenvalue weighted by molar-refractivity contribution is 7.98. The number of aliphatic hydroxyl groups excluding tert-OH is 1. The Bertz CT molecular complexity index is 714. The van der Waals surface area contributed by atoms with Crippen molar-refractivity contribution >= 4 is 22.7 Å². The Hall–Kier alpha value is -1.84. The second-order valence-corrected chi connectivity index (χ2v) is 6.12. The molecule has 0 unspecified atom stereocenters. The van der Waals surface area contributed by atoms with E-state index in [-0.39, 0.29) is 11.9 Å². The number of hydrogen-bond donors (Lipinski definition) is 1. The Balaban J connectivity index is 1.73. The number of aromatic nitrogens is 1. The minimum absolute atomic E-state index is 0.109. The van der Waals surface area contributed by atoms with Gasteiger partial charge in [-0.3, -0.25) is 4.98 Å². The summed E-state index contributed by atoms with van der Waals surface area (Å²) in [5.41, 5.74) is 3.37. The van der Waals surface area contributed by atoms with Crippen LogP contribution in [0.3, 0.4) is 0 Å². The summed E-state index contributed by atoms with van der Waals surface area (Å²) in [4.78, 5) is 4.48. The Morgan fingerprint density at radius 2 is 1.76 bits per heavy atom. The number of hydrogen-bond acceptors (Lipinski definition) is 3. The molecule has 0 aliphatic rings. The third-order valence-corrected chi connectivity index (χ3v) is 4.76. The highest BCUT2D eigenvalue weighted by Crippen LogP contribution is 2.31. The summed E-state index contributed by atoms with van der Waals surface area (Å²) in [5.74, 6) is 0.845. The third kappa shape index (κ3) is 3.43. The van der Waals surface area contributed by atoms with Crippen molar-refractivity contribution in [2.75, 3.05) is 6.61 Å². The molecule has 21 heavy (non-hydrogen) atoms. The normalized spacial score (nSPS) is 12.4. The van der Waals surface area contributed by atoms with Gasteiger partial charge in [0.2, 0.25) is 0 Å². The second kappa shape index (κ2) is 6.74. The van der Waals surface area contributed by atoms with Crippen LogP contribution >= 0.6 is 11.8 Å². The standard InChI is InChI=1S/C18H17NOS/c20-12-18(15-6-2-1-3-7-15)21-13-14-10-16-8-4-5-9-17(16)19-11-14/h1-11,18,20H,12-13H2/t18-/m1/s1. The summed E-state index contributed by atoms with van der Waals surface area (Å²) in [6.45, 7) is 0.149. The molecular weight excluding hydrogens is 278 g/mol. The first-order valence-electron chi connectivity index (χ1n) is 6.98. The van der Waals surface area contributed by atoms with E-state index in [9.17, 15) is 5.11 Å². The average Bonchev–Trinajstić information content (AvgIpc) is 2.56. The third-order valence-electron chi connectivity index (χ3n) is 3.44. The molecule has 0 radical (unpaired) electrons. The van der Waals surface area contributed by atoms with Gasteiger partial charge in [-0.25, -0.2) is 0 Å². The summed E-state index contributed by atoms with van der Waals surface area (Å²) in [6.07, 6.45) is 1.93. The van der Waals surface area contributed by atoms with Gasteiger partial charge in [-0.1, -0.05) is 48.5 Å². The van der Waals surface area contributed by atoms with Crippen molar-refractivity contribution in [3.8, 4) is 0 Å². The molecule has 0 saturated heterocycles. The molecule has 1 atom stereocenters. The molecular formula is C18H17NOS. The average molecular weight is 295 g/mol. The molecule has 2 aromatic carbocycles. The SMILES string of the molecule is OC[C@@H](SCc1cnc2ccccc2c1)c1ccccc1. The van der Waals surface area contributed by atoms with Crippen LogP contribution in [-0.4, -0.2) is 16.7 Å². The largest absolute Gasteiger partial charge is 0.395 e. The lowest BCUT2D eigenvalue weighted by Crippen LogP contribution is -2.00. The van der Waals surface area contributed by atoms with Gasteiger partial charge < -0.3 is 5.11 Å². The van der Waals surface area contributed by atoms with Crippen molar-refractivity contribution in [3.63, 3.8) is 0 Å². The fourth-order valence-electron chi connectivity index (χ4n) is 2.31. The Labute approximate surface area is 128 Å². The number of aliphatic hydroxyl groups is 1. The van der Waals surface area contributed by atoms with E-state index < -0.39 is 0 Å². The minimum atomic E-state index is 0.109. The molecule has 1 N–H and O–H groups in total. The van der Waals surface area contributed by atoms with Gasteiger partial charge in [0.05, 0.1) is 17.4 Å². The summed E-state index contributed by atoms with van der Waals surface area (Å²) < 4.78 is 0. The van der Waals surface area contributed by atoms with Gasteiger partial charge in [0.1, 0.15) is 0 Å². The molecule has 3 rings (SSSR count). The van der Waals surface area contributed by atoms with Crippen LogP contribution < -0.4 is 0 Å². The van der Waals surface area contributed by atoms with E-state index in [2.05, 4.69) is 29.2 Å². The lowest BCUT2D eigenvalue weighted by molar-refractivity contribution is 0.296. The molecule has 0 bridgehead atoms. The van der Waals surface area contributed by atoms with Gasteiger partial charge >= 0.3 is 0 Å². The van der Waals surface area contributed by atoms with Crippen LogP contribution in [0.15, 0.2) is 66.9 Å². The highest BCUT2D eigenvalue weighted by Gasteiger charge is 2.10. The maximum Gasteiger partial charge on any atom is 0.0702 e. The molecule has 0 fully saturated rings. The number of benzene rings is 2. The molecule has 0 saturated carbocycles. The molecule has 0 amide bonds. The first-order valence-corrected chi connectivity index (χ1v) is 8.03. The van der Waals surface area contributed by atoms with E-state index in [1.54, 1.807) is 11.8 Å². The number of thioether (sulfide) groups is 1. The van der Waals surface area contributed by atoms with Crippen LogP contribution in [-0.2, 0) is 5.75 Å². The van der Waals surface area contributed by atoms with E-state index in [0.29, 0.717) is 0 Å². The van der Waals surface area contributed by atoms with E-state index in [1.165, 1.54) is 11.1 Å². The van der Waals surface area contributed by atoms with E-state index in [4.69, 9.17) is 0 Å². The maximum atomic E-state index is 9.59. The van der Waals surface area contributed by atoms with Gasteiger partial charge in [0, 0.05) is 17.3 Å². The fourth-order valence-corrected chi connectivity index (χ4v) is 3.32. The quantitative estimate of drug-likeness (QED) is 0.765. The maximum absolute atomic E-state index is 9.59. The lowest BCUT2D eigenvalue weighted by Gasteiger charge is -2.14. The Morgan fingerprint density at radius 1 is 1.00 bits per heavy atom. The second-order valence-electron chi connectivity index (χ2n) is 4.93.